The van der Waals surface area contributed by atoms with Crippen molar-refractivity contribution in [2.75, 3.05) is 6.54 Å². The van der Waals surface area contributed by atoms with Crippen molar-refractivity contribution >= 4 is 12.8 Å². The summed E-state index contributed by atoms with van der Waals surface area (Å²) in [6, 6.07) is 9.36. The van der Waals surface area contributed by atoms with Crippen LogP contribution in [0.3, 0.4) is 0 Å². The molecule has 2 atom stereocenters. The largest absolute Gasteiger partial charge is 0.245 e. The molecule has 1 aliphatic carbocycles. The van der Waals surface area contributed by atoms with Gasteiger partial charge in [-0.25, -0.2) is 4.31 Å². The molecule has 1 nitrogen and oxygen atoms in total. The quantitative estimate of drug-likeness (QED) is 0.595. The molecule has 1 saturated heterocycles. The van der Waals surface area contributed by atoms with Crippen LogP contribution < -0.4 is 0 Å². The zero-order chi connectivity index (χ0) is 8.13. The highest BCUT2D eigenvalue weighted by atomic mass is 32.1. The number of nitrogens with zero attached hydrogens (tertiary/aromatic N) is 1. The fraction of sp³-hybridized carbons (Fsp3) is 0.400. The van der Waals surface area contributed by atoms with Gasteiger partial charge in [-0.2, -0.15) is 0 Å². The van der Waals surface area contributed by atoms with E-state index in [0.717, 1.165) is 12.5 Å². The Kier molecular flexibility index (Phi) is 1.32. The molecule has 0 radical (unpaired) electrons. The van der Waals surface area contributed by atoms with E-state index in [4.69, 9.17) is 0 Å². The van der Waals surface area contributed by atoms with Crippen molar-refractivity contribution in [1.29, 1.82) is 0 Å². The van der Waals surface area contributed by atoms with E-state index in [1.54, 1.807) is 5.56 Å². The molecule has 1 aromatic rings. The van der Waals surface area contributed by atoms with Crippen molar-refractivity contribution in [2.45, 2.75) is 18.4 Å². The Bertz CT molecular complexity index is 323. The molecular weight excluding hydrogens is 166 g/mol. The third-order valence-electron chi connectivity index (χ3n) is 3.07. The molecule has 0 saturated carbocycles. The van der Waals surface area contributed by atoms with Crippen molar-refractivity contribution in [3.8, 4) is 0 Å². The van der Waals surface area contributed by atoms with Crippen LogP contribution in [-0.4, -0.2) is 10.8 Å². The van der Waals surface area contributed by atoms with Crippen LogP contribution in [0.1, 0.15) is 29.5 Å². The molecule has 2 heteroatoms. The average Bonchev–Trinajstić information content (AvgIpc) is 2.62. The molecule has 12 heavy (non-hydrogen) atoms. The summed E-state index contributed by atoms with van der Waals surface area (Å²) < 4.78 is 2.17. The summed E-state index contributed by atoms with van der Waals surface area (Å²) >= 11 is 4.46. The topological polar surface area (TPSA) is 3.24 Å². The second-order valence-corrected chi connectivity index (χ2v) is 4.21. The molecule has 0 N–H and O–H groups in total. The average molecular weight is 177 g/mol. The molecule has 3 rings (SSSR count). The van der Waals surface area contributed by atoms with Gasteiger partial charge in [-0.1, -0.05) is 37.1 Å². The van der Waals surface area contributed by atoms with Crippen molar-refractivity contribution in [3.05, 3.63) is 35.4 Å². The van der Waals surface area contributed by atoms with Gasteiger partial charge in [0.15, 0.2) is 0 Å². The van der Waals surface area contributed by atoms with Gasteiger partial charge in [-0.15, -0.1) is 0 Å². The lowest BCUT2D eigenvalue weighted by atomic mass is 10.0. The Morgan fingerprint density at radius 1 is 1.25 bits per heavy atom. The van der Waals surface area contributed by atoms with E-state index in [1.807, 2.05) is 0 Å². The van der Waals surface area contributed by atoms with Crippen LogP contribution in [0.2, 0.25) is 0 Å². The summed E-state index contributed by atoms with van der Waals surface area (Å²) in [6.45, 7) is 1.13. The van der Waals surface area contributed by atoms with E-state index in [-0.39, 0.29) is 0 Å². The molecule has 1 heterocycles. The molecule has 62 valence electrons. The van der Waals surface area contributed by atoms with Gasteiger partial charge in [-0.05, 0) is 23.5 Å². The maximum atomic E-state index is 4.46. The predicted molar refractivity (Wildman–Crippen MR) is 52.2 cm³/mol. The molecule has 0 spiro atoms. The monoisotopic (exact) mass is 177 g/mol. The van der Waals surface area contributed by atoms with Crippen molar-refractivity contribution in [3.63, 3.8) is 0 Å². The zero-order valence-electron chi connectivity index (χ0n) is 6.77. The molecule has 0 amide bonds. The second-order valence-electron chi connectivity index (χ2n) is 3.70. The highest BCUT2D eigenvalue weighted by Crippen LogP contribution is 2.50. The lowest BCUT2D eigenvalue weighted by Crippen LogP contribution is -2.17. The summed E-state index contributed by atoms with van der Waals surface area (Å²) in [6.07, 6.45) is 1.28. The van der Waals surface area contributed by atoms with E-state index in [0.29, 0.717) is 6.04 Å². The van der Waals surface area contributed by atoms with E-state index in [2.05, 4.69) is 41.4 Å². The first-order chi connectivity index (χ1) is 5.86. The third-order valence-corrected chi connectivity index (χ3v) is 3.51. The first kappa shape index (κ1) is 6.98. The Morgan fingerprint density at radius 2 is 2.00 bits per heavy atom. The van der Waals surface area contributed by atoms with Crippen LogP contribution in [0.5, 0.6) is 0 Å². The van der Waals surface area contributed by atoms with Gasteiger partial charge in [-0.3, -0.25) is 0 Å². The lowest BCUT2D eigenvalue weighted by molar-refractivity contribution is 0.447. The predicted octanol–water partition coefficient (Wildman–Crippen LogP) is 2.38. The van der Waals surface area contributed by atoms with Crippen LogP contribution in [0.25, 0.3) is 0 Å². The fourth-order valence-corrected chi connectivity index (χ4v) is 2.93. The Balaban J connectivity index is 2.17. The summed E-state index contributed by atoms with van der Waals surface area (Å²) in [5.41, 5.74) is 3.07. The van der Waals surface area contributed by atoms with Gasteiger partial charge >= 0.3 is 0 Å². The first-order valence-electron chi connectivity index (χ1n) is 4.40. The number of hydrogen-bond donors (Lipinski definition) is 1. The van der Waals surface area contributed by atoms with Gasteiger partial charge < -0.3 is 0 Å². The number of thiol groups is 1. The van der Waals surface area contributed by atoms with Gasteiger partial charge in [0.2, 0.25) is 0 Å². The number of hydrogen-bond acceptors (Lipinski definition) is 2. The number of rotatable bonds is 0. The summed E-state index contributed by atoms with van der Waals surface area (Å²) in [7, 11) is 0. The standard InChI is InChI=1S/C10H11NS/c12-11-6-7-5-10(11)9-4-2-1-3-8(7)9/h1-4,7,10,12H,5-6H2. The Labute approximate surface area is 77.9 Å². The zero-order valence-corrected chi connectivity index (χ0v) is 7.67. The lowest BCUT2D eigenvalue weighted by Gasteiger charge is -2.23. The third kappa shape index (κ3) is 0.744. The molecule has 1 aromatic carbocycles. The minimum Gasteiger partial charge on any atom is -0.245 e. The first-order valence-corrected chi connectivity index (χ1v) is 4.80. The molecule has 1 fully saturated rings. The normalized spacial score (nSPS) is 32.4. The minimum absolute atomic E-state index is 0.592. The van der Waals surface area contributed by atoms with Crippen LogP contribution in [0.15, 0.2) is 24.3 Å². The van der Waals surface area contributed by atoms with Crippen LogP contribution in [-0.2, 0) is 0 Å². The SMILES string of the molecule is SN1CC2CC1c1ccccc12. The van der Waals surface area contributed by atoms with Gasteiger partial charge in [0, 0.05) is 12.6 Å². The maximum Gasteiger partial charge on any atom is 0.0459 e. The highest BCUT2D eigenvalue weighted by molar-refractivity contribution is 7.77. The Hall–Kier alpha value is -0.470. The molecule has 2 bridgehead atoms. The summed E-state index contributed by atoms with van der Waals surface area (Å²) in [4.78, 5) is 0. The van der Waals surface area contributed by atoms with Crippen molar-refractivity contribution in [1.82, 2.24) is 4.31 Å². The highest BCUT2D eigenvalue weighted by Gasteiger charge is 2.40. The van der Waals surface area contributed by atoms with E-state index >= 15 is 0 Å². The van der Waals surface area contributed by atoms with Gasteiger partial charge in [0.25, 0.3) is 0 Å². The molecule has 2 unspecified atom stereocenters. The Morgan fingerprint density at radius 3 is 2.83 bits per heavy atom. The maximum absolute atomic E-state index is 4.46. The van der Waals surface area contributed by atoms with Crippen molar-refractivity contribution < 1.29 is 0 Å². The number of fused-ring (bicyclic) bond motifs is 5. The van der Waals surface area contributed by atoms with E-state index in [9.17, 15) is 0 Å². The number of benzene rings is 1. The van der Waals surface area contributed by atoms with Crippen LogP contribution >= 0.6 is 12.8 Å². The summed E-state index contributed by atoms with van der Waals surface area (Å²) in [5.74, 6) is 0.753. The smallest absolute Gasteiger partial charge is 0.0459 e. The van der Waals surface area contributed by atoms with Gasteiger partial charge in [0.1, 0.15) is 0 Å². The van der Waals surface area contributed by atoms with Crippen LogP contribution in [0, 0.1) is 0 Å². The van der Waals surface area contributed by atoms with Gasteiger partial charge in [0.05, 0.1) is 0 Å². The molecule has 2 aliphatic rings. The van der Waals surface area contributed by atoms with E-state index in [1.165, 1.54) is 12.0 Å². The second kappa shape index (κ2) is 2.27. The molecule has 1 aliphatic heterocycles. The fourth-order valence-electron chi connectivity index (χ4n) is 2.52. The van der Waals surface area contributed by atoms with Crippen molar-refractivity contribution in [2.24, 2.45) is 0 Å². The van der Waals surface area contributed by atoms with Crippen LogP contribution in [0.4, 0.5) is 0 Å². The van der Waals surface area contributed by atoms with E-state index < -0.39 is 0 Å². The summed E-state index contributed by atoms with van der Waals surface area (Å²) in [5, 5.41) is 0. The minimum atomic E-state index is 0.592. The molecular formula is C10H11NS. The molecule has 0 aromatic heterocycles.